The van der Waals surface area contributed by atoms with Gasteiger partial charge in [0.15, 0.2) is 0 Å². The lowest BCUT2D eigenvalue weighted by molar-refractivity contribution is 0.331. The molecular formula is C15H25N3O2S. The van der Waals surface area contributed by atoms with Crippen molar-refractivity contribution in [2.45, 2.75) is 25.1 Å². The summed E-state index contributed by atoms with van der Waals surface area (Å²) in [7, 11) is 0.894. The molecule has 1 aromatic carbocycles. The summed E-state index contributed by atoms with van der Waals surface area (Å²) in [6.45, 7) is 4.51. The van der Waals surface area contributed by atoms with E-state index in [2.05, 4.69) is 26.7 Å². The second-order valence-electron chi connectivity index (χ2n) is 5.71. The van der Waals surface area contributed by atoms with Gasteiger partial charge in [0, 0.05) is 39.4 Å². The number of para-hydroxylation sites is 1. The van der Waals surface area contributed by atoms with Crippen molar-refractivity contribution in [3.63, 3.8) is 0 Å². The van der Waals surface area contributed by atoms with Gasteiger partial charge in [-0.1, -0.05) is 25.1 Å². The molecule has 6 heteroatoms. The van der Waals surface area contributed by atoms with E-state index in [0.717, 1.165) is 13.1 Å². The van der Waals surface area contributed by atoms with Crippen molar-refractivity contribution in [1.82, 2.24) is 9.62 Å². The zero-order chi connectivity index (χ0) is 15.5. The third-order valence-corrected chi connectivity index (χ3v) is 5.83. The maximum Gasteiger partial charge on any atom is 0.215 e. The Kier molecular flexibility index (Phi) is 5.24. The molecule has 0 amide bonds. The lowest BCUT2D eigenvalue weighted by atomic mass is 10.1. The highest BCUT2D eigenvalue weighted by atomic mass is 32.2. The molecule has 0 saturated carbocycles. The third kappa shape index (κ3) is 3.96. The summed E-state index contributed by atoms with van der Waals surface area (Å²) in [5, 5.41) is -0.288. The molecule has 1 saturated heterocycles. The summed E-state index contributed by atoms with van der Waals surface area (Å²) >= 11 is 0. The summed E-state index contributed by atoms with van der Waals surface area (Å²) in [5.74, 6) is 0. The average molecular weight is 311 g/mol. The van der Waals surface area contributed by atoms with E-state index in [-0.39, 0.29) is 5.25 Å². The van der Waals surface area contributed by atoms with Crippen LogP contribution in [0.2, 0.25) is 0 Å². The van der Waals surface area contributed by atoms with Crippen molar-refractivity contribution < 1.29 is 8.42 Å². The average Bonchev–Trinajstić information content (AvgIpc) is 2.88. The van der Waals surface area contributed by atoms with Gasteiger partial charge in [-0.2, -0.15) is 0 Å². The maximum absolute atomic E-state index is 12.1. The van der Waals surface area contributed by atoms with E-state index in [0.29, 0.717) is 19.5 Å². The smallest absolute Gasteiger partial charge is 0.215 e. The number of nitrogens with one attached hydrogen (secondary N) is 1. The molecule has 21 heavy (non-hydrogen) atoms. The minimum atomic E-state index is -3.16. The standard InChI is InChI=1S/C15H25N3O2S/c1-4-16-21(19,20)14-9-10-18(12-14)11-13-7-5-6-8-15(13)17(2)3/h5-8,14,16H,4,9-12H2,1-3H3. The van der Waals surface area contributed by atoms with Crippen LogP contribution in [0.1, 0.15) is 18.9 Å². The van der Waals surface area contributed by atoms with E-state index in [1.807, 2.05) is 33.2 Å². The lowest BCUT2D eigenvalue weighted by Gasteiger charge is -2.22. The van der Waals surface area contributed by atoms with E-state index in [9.17, 15) is 8.42 Å². The SMILES string of the molecule is CCNS(=O)(=O)C1CCN(Cc2ccccc2N(C)C)C1. The van der Waals surface area contributed by atoms with Crippen LogP contribution in [0.15, 0.2) is 24.3 Å². The normalized spacial score (nSPS) is 19.9. The first-order valence-corrected chi connectivity index (χ1v) is 8.94. The lowest BCUT2D eigenvalue weighted by Crippen LogP contribution is -2.36. The number of nitrogens with zero attached hydrogens (tertiary/aromatic N) is 2. The number of hydrogen-bond acceptors (Lipinski definition) is 4. The Balaban J connectivity index is 2.04. The Labute approximate surface area is 128 Å². The number of anilines is 1. The molecule has 1 aliphatic heterocycles. The molecule has 1 aliphatic rings. The van der Waals surface area contributed by atoms with Gasteiger partial charge >= 0.3 is 0 Å². The van der Waals surface area contributed by atoms with Gasteiger partial charge in [0.2, 0.25) is 10.0 Å². The second-order valence-corrected chi connectivity index (χ2v) is 7.76. The number of likely N-dealkylation sites (tertiary alicyclic amines) is 1. The first-order chi connectivity index (χ1) is 9.94. The highest BCUT2D eigenvalue weighted by molar-refractivity contribution is 7.90. The molecule has 1 aromatic rings. The second kappa shape index (κ2) is 6.77. The van der Waals surface area contributed by atoms with Crippen molar-refractivity contribution in [2.75, 3.05) is 38.6 Å². The molecule has 1 atom stereocenters. The van der Waals surface area contributed by atoms with Crippen LogP contribution in [-0.4, -0.2) is 52.3 Å². The number of rotatable bonds is 6. The molecule has 2 rings (SSSR count). The van der Waals surface area contributed by atoms with Gasteiger partial charge in [-0.25, -0.2) is 13.1 Å². The Morgan fingerprint density at radius 1 is 1.33 bits per heavy atom. The Bertz CT molecular complexity index is 572. The van der Waals surface area contributed by atoms with E-state index >= 15 is 0 Å². The summed E-state index contributed by atoms with van der Waals surface area (Å²) in [6, 6.07) is 8.27. The molecule has 5 nitrogen and oxygen atoms in total. The van der Waals surface area contributed by atoms with Crippen LogP contribution in [0.3, 0.4) is 0 Å². The van der Waals surface area contributed by atoms with Gasteiger partial charge in [-0.3, -0.25) is 4.90 Å². The highest BCUT2D eigenvalue weighted by Gasteiger charge is 2.32. The predicted molar refractivity (Wildman–Crippen MR) is 87.0 cm³/mol. The van der Waals surface area contributed by atoms with Gasteiger partial charge in [0.25, 0.3) is 0 Å². The molecule has 0 aromatic heterocycles. The number of benzene rings is 1. The van der Waals surface area contributed by atoms with Gasteiger partial charge in [0.1, 0.15) is 0 Å². The van der Waals surface area contributed by atoms with E-state index < -0.39 is 10.0 Å². The van der Waals surface area contributed by atoms with Crippen molar-refractivity contribution in [1.29, 1.82) is 0 Å². The van der Waals surface area contributed by atoms with E-state index in [4.69, 9.17) is 0 Å². The van der Waals surface area contributed by atoms with Gasteiger partial charge in [-0.05, 0) is 24.6 Å². The van der Waals surface area contributed by atoms with E-state index in [1.54, 1.807) is 0 Å². The molecule has 0 aliphatic carbocycles. The molecule has 118 valence electrons. The van der Waals surface area contributed by atoms with Crippen LogP contribution >= 0.6 is 0 Å². The van der Waals surface area contributed by atoms with Gasteiger partial charge < -0.3 is 4.90 Å². The Morgan fingerprint density at radius 2 is 2.05 bits per heavy atom. The molecule has 0 spiro atoms. The van der Waals surface area contributed by atoms with Crippen LogP contribution in [0.4, 0.5) is 5.69 Å². The fraction of sp³-hybridized carbons (Fsp3) is 0.600. The van der Waals surface area contributed by atoms with Crippen LogP contribution in [-0.2, 0) is 16.6 Å². The quantitative estimate of drug-likeness (QED) is 0.859. The van der Waals surface area contributed by atoms with Crippen molar-refractivity contribution in [3.8, 4) is 0 Å². The molecule has 1 unspecified atom stereocenters. The fourth-order valence-corrected chi connectivity index (χ4v) is 4.30. The molecule has 0 radical (unpaired) electrons. The third-order valence-electron chi connectivity index (χ3n) is 3.88. The van der Waals surface area contributed by atoms with E-state index in [1.165, 1.54) is 11.3 Å². The summed E-state index contributed by atoms with van der Waals surface area (Å²) < 4.78 is 26.7. The van der Waals surface area contributed by atoms with Crippen LogP contribution in [0, 0.1) is 0 Å². The van der Waals surface area contributed by atoms with Crippen LogP contribution in [0.25, 0.3) is 0 Å². The summed E-state index contributed by atoms with van der Waals surface area (Å²) in [6.07, 6.45) is 0.708. The van der Waals surface area contributed by atoms with Crippen LogP contribution < -0.4 is 9.62 Å². The minimum Gasteiger partial charge on any atom is -0.377 e. The van der Waals surface area contributed by atoms with Crippen molar-refractivity contribution in [2.24, 2.45) is 0 Å². The van der Waals surface area contributed by atoms with Gasteiger partial charge in [0.05, 0.1) is 5.25 Å². The predicted octanol–water partition coefficient (Wildman–Crippen LogP) is 1.27. The summed E-state index contributed by atoms with van der Waals surface area (Å²) in [4.78, 5) is 4.32. The largest absolute Gasteiger partial charge is 0.377 e. The molecule has 1 N–H and O–H groups in total. The Hall–Kier alpha value is -1.11. The maximum atomic E-state index is 12.1. The monoisotopic (exact) mass is 311 g/mol. The molecular weight excluding hydrogens is 286 g/mol. The first kappa shape index (κ1) is 16.3. The van der Waals surface area contributed by atoms with Crippen molar-refractivity contribution in [3.05, 3.63) is 29.8 Å². The fourth-order valence-electron chi connectivity index (χ4n) is 2.83. The topological polar surface area (TPSA) is 52.7 Å². The minimum absolute atomic E-state index is 0.288. The molecule has 1 heterocycles. The van der Waals surface area contributed by atoms with Crippen molar-refractivity contribution >= 4 is 15.7 Å². The number of sulfonamides is 1. The summed E-state index contributed by atoms with van der Waals surface area (Å²) in [5.41, 5.74) is 2.43. The zero-order valence-electron chi connectivity index (χ0n) is 13.0. The molecule has 0 bridgehead atoms. The highest BCUT2D eigenvalue weighted by Crippen LogP contribution is 2.23. The zero-order valence-corrected chi connectivity index (χ0v) is 13.9. The first-order valence-electron chi connectivity index (χ1n) is 7.40. The van der Waals surface area contributed by atoms with Crippen LogP contribution in [0.5, 0.6) is 0 Å². The Morgan fingerprint density at radius 3 is 2.71 bits per heavy atom. The number of hydrogen-bond donors (Lipinski definition) is 1. The van der Waals surface area contributed by atoms with Gasteiger partial charge in [-0.15, -0.1) is 0 Å². The molecule has 1 fully saturated rings.